The summed E-state index contributed by atoms with van der Waals surface area (Å²) in [5.74, 6) is -2.33. The van der Waals surface area contributed by atoms with Crippen LogP contribution in [0.3, 0.4) is 0 Å². The fraction of sp³-hybridized carbons (Fsp3) is 0.818. The summed E-state index contributed by atoms with van der Waals surface area (Å²) < 4.78 is 5.95. The van der Waals surface area contributed by atoms with Crippen LogP contribution in [0.25, 0.3) is 0 Å². The third kappa shape index (κ3) is 36.1. The Morgan fingerprint density at radius 3 is 1.51 bits per heavy atom. The first-order valence-corrected chi connectivity index (χ1v) is 21.7. The van der Waals surface area contributed by atoms with Crippen LogP contribution in [0.4, 0.5) is 0 Å². The van der Waals surface area contributed by atoms with Crippen LogP contribution in [-0.2, 0) is 23.9 Å². The zero-order valence-electron chi connectivity index (χ0n) is 34.0. The molecule has 2 amide bonds. The van der Waals surface area contributed by atoms with Gasteiger partial charge < -0.3 is 25.6 Å². The summed E-state index contributed by atoms with van der Waals surface area (Å²) in [6, 6.07) is -1.38. The second kappa shape index (κ2) is 39.0. The summed E-state index contributed by atoms with van der Waals surface area (Å²) in [6.07, 6.45) is 42.3. The molecule has 0 bridgehead atoms. The normalized spacial score (nSPS) is 12.7. The van der Waals surface area contributed by atoms with Crippen molar-refractivity contribution in [2.24, 2.45) is 0 Å². The van der Waals surface area contributed by atoms with Crippen molar-refractivity contribution < 1.29 is 34.1 Å². The number of unbranched alkanes of at least 4 members (excludes halogenated alkanes) is 21. The summed E-state index contributed by atoms with van der Waals surface area (Å²) in [6.45, 7) is 3.42. The molecule has 0 heterocycles. The minimum atomic E-state index is -1.38. The first-order chi connectivity index (χ1) is 25.8. The lowest BCUT2D eigenvalue weighted by Gasteiger charge is -2.18. The monoisotopic (exact) mass is 749 g/mol. The van der Waals surface area contributed by atoms with Gasteiger partial charge in [-0.2, -0.15) is 0 Å². The zero-order chi connectivity index (χ0) is 39.0. The number of rotatable bonds is 39. The van der Waals surface area contributed by atoms with Crippen molar-refractivity contribution in [3.63, 3.8) is 0 Å². The number of carboxylic acid groups (broad SMARTS) is 1. The standard InChI is InChI=1S/C44H80N2O7/c1-3-5-7-9-10-11-12-13-14-15-16-17-18-19-20-21-22-23-24-26-32-36-43(50)53-39(33-29-25-8-6-4-2)34-30-27-28-31-35-41(48)45-37-42(49)46-40(38-47)44(51)52/h12-13,15-16,39-40,47H,3-11,14,17-38H2,1-2H3,(H,45,48)(H,46,49)(H,51,52)/b13-12-,16-15-. The predicted octanol–water partition coefficient (Wildman–Crippen LogP) is 10.4. The van der Waals surface area contributed by atoms with Crippen LogP contribution < -0.4 is 10.6 Å². The molecular formula is C44H80N2O7. The molecule has 4 N–H and O–H groups in total. The molecule has 0 aliphatic carbocycles. The molecule has 2 atom stereocenters. The lowest BCUT2D eigenvalue weighted by Crippen LogP contribution is -2.47. The molecule has 0 aliphatic rings. The number of aliphatic hydroxyl groups is 1. The molecule has 2 unspecified atom stereocenters. The number of amides is 2. The molecule has 0 radical (unpaired) electrons. The van der Waals surface area contributed by atoms with Gasteiger partial charge in [-0.3, -0.25) is 14.4 Å². The third-order valence-corrected chi connectivity index (χ3v) is 9.70. The van der Waals surface area contributed by atoms with Crippen molar-refractivity contribution in [1.82, 2.24) is 10.6 Å². The van der Waals surface area contributed by atoms with E-state index < -0.39 is 24.5 Å². The van der Waals surface area contributed by atoms with Crippen LogP contribution in [0.1, 0.15) is 206 Å². The fourth-order valence-corrected chi connectivity index (χ4v) is 6.33. The number of aliphatic hydroxyl groups excluding tert-OH is 1. The van der Waals surface area contributed by atoms with E-state index in [9.17, 15) is 19.2 Å². The SMILES string of the molecule is CCCCCCC/C=C\C/C=C\CCCCCCCCCCCC(=O)OC(CCCCCCC)CCCCCCC(=O)NCC(=O)NC(CO)C(=O)O. The van der Waals surface area contributed by atoms with Crippen molar-refractivity contribution in [2.75, 3.05) is 13.2 Å². The molecule has 0 rings (SSSR count). The van der Waals surface area contributed by atoms with Gasteiger partial charge in [-0.05, 0) is 70.6 Å². The van der Waals surface area contributed by atoms with Crippen LogP contribution in [0.2, 0.25) is 0 Å². The van der Waals surface area contributed by atoms with Crippen LogP contribution in [0, 0.1) is 0 Å². The number of esters is 1. The quantitative estimate of drug-likeness (QED) is 0.0278. The van der Waals surface area contributed by atoms with E-state index >= 15 is 0 Å². The minimum absolute atomic E-state index is 0.0401. The lowest BCUT2D eigenvalue weighted by molar-refractivity contribution is -0.150. The Labute approximate surface area is 324 Å². The molecule has 0 saturated heterocycles. The van der Waals surface area contributed by atoms with E-state index in [4.69, 9.17) is 14.9 Å². The Hall–Kier alpha value is -2.68. The highest BCUT2D eigenvalue weighted by molar-refractivity contribution is 5.87. The summed E-state index contributed by atoms with van der Waals surface area (Å²) in [7, 11) is 0. The van der Waals surface area contributed by atoms with Gasteiger partial charge >= 0.3 is 11.9 Å². The molecule has 0 aromatic heterocycles. The molecule has 53 heavy (non-hydrogen) atoms. The number of hydrogen-bond acceptors (Lipinski definition) is 6. The number of hydrogen-bond donors (Lipinski definition) is 4. The molecule has 9 heteroatoms. The summed E-state index contributed by atoms with van der Waals surface area (Å²) in [5, 5.41) is 22.5. The molecular weight excluding hydrogens is 668 g/mol. The molecule has 0 aromatic carbocycles. The highest BCUT2D eigenvalue weighted by Crippen LogP contribution is 2.18. The number of carboxylic acids is 1. The van der Waals surface area contributed by atoms with Crippen LogP contribution >= 0.6 is 0 Å². The van der Waals surface area contributed by atoms with E-state index in [1.165, 1.54) is 116 Å². The van der Waals surface area contributed by atoms with Crippen LogP contribution in [0.5, 0.6) is 0 Å². The molecule has 0 spiro atoms. The maximum atomic E-state index is 12.7. The maximum Gasteiger partial charge on any atom is 0.328 e. The van der Waals surface area contributed by atoms with Crippen molar-refractivity contribution >= 4 is 23.8 Å². The topological polar surface area (TPSA) is 142 Å². The van der Waals surface area contributed by atoms with Crippen molar-refractivity contribution in [3.8, 4) is 0 Å². The van der Waals surface area contributed by atoms with Crippen molar-refractivity contribution in [1.29, 1.82) is 0 Å². The Kier molecular flexibility index (Phi) is 37.1. The van der Waals surface area contributed by atoms with Gasteiger partial charge in [0, 0.05) is 12.8 Å². The number of carbonyl (C=O) groups excluding carboxylic acids is 3. The molecule has 0 aromatic rings. The molecule has 0 saturated carbocycles. The van der Waals surface area contributed by atoms with Crippen molar-refractivity contribution in [3.05, 3.63) is 24.3 Å². The molecule has 0 fully saturated rings. The largest absolute Gasteiger partial charge is 0.480 e. The zero-order valence-corrected chi connectivity index (χ0v) is 34.0. The number of carbonyl (C=O) groups is 4. The van der Waals surface area contributed by atoms with E-state index in [2.05, 4.69) is 48.8 Å². The van der Waals surface area contributed by atoms with E-state index in [0.717, 1.165) is 57.8 Å². The summed E-state index contributed by atoms with van der Waals surface area (Å²) in [4.78, 5) is 47.4. The maximum absolute atomic E-state index is 12.7. The predicted molar refractivity (Wildman–Crippen MR) is 218 cm³/mol. The van der Waals surface area contributed by atoms with Gasteiger partial charge in [-0.25, -0.2) is 4.79 Å². The number of ether oxygens (including phenoxy) is 1. The first kappa shape index (κ1) is 50.3. The lowest BCUT2D eigenvalue weighted by atomic mass is 10.0. The van der Waals surface area contributed by atoms with Crippen LogP contribution in [-0.4, -0.2) is 59.3 Å². The van der Waals surface area contributed by atoms with E-state index in [0.29, 0.717) is 12.8 Å². The van der Waals surface area contributed by atoms with Gasteiger partial charge in [0.05, 0.1) is 13.2 Å². The highest BCUT2D eigenvalue weighted by atomic mass is 16.5. The van der Waals surface area contributed by atoms with Gasteiger partial charge in [0.2, 0.25) is 11.8 Å². The van der Waals surface area contributed by atoms with Gasteiger partial charge in [0.15, 0.2) is 0 Å². The first-order valence-electron chi connectivity index (χ1n) is 21.7. The average Bonchev–Trinajstić information content (AvgIpc) is 3.14. The van der Waals surface area contributed by atoms with E-state index in [1.807, 2.05) is 0 Å². The molecule has 9 nitrogen and oxygen atoms in total. The van der Waals surface area contributed by atoms with Gasteiger partial charge in [0.25, 0.3) is 0 Å². The number of aliphatic carboxylic acids is 1. The van der Waals surface area contributed by atoms with Crippen molar-refractivity contribution in [2.45, 2.75) is 219 Å². The average molecular weight is 749 g/mol. The third-order valence-electron chi connectivity index (χ3n) is 9.70. The Morgan fingerprint density at radius 1 is 0.566 bits per heavy atom. The van der Waals surface area contributed by atoms with Gasteiger partial charge in [-0.15, -0.1) is 0 Å². The van der Waals surface area contributed by atoms with Crippen LogP contribution in [0.15, 0.2) is 24.3 Å². The summed E-state index contributed by atoms with van der Waals surface area (Å²) in [5.41, 5.74) is 0. The molecule has 0 aliphatic heterocycles. The fourth-order valence-electron chi connectivity index (χ4n) is 6.33. The second-order valence-corrected chi connectivity index (χ2v) is 14.8. The summed E-state index contributed by atoms with van der Waals surface area (Å²) >= 11 is 0. The smallest absolute Gasteiger partial charge is 0.328 e. The number of nitrogens with one attached hydrogen (secondary N) is 2. The highest BCUT2D eigenvalue weighted by Gasteiger charge is 2.19. The second-order valence-electron chi connectivity index (χ2n) is 14.8. The van der Waals surface area contributed by atoms with E-state index in [1.54, 1.807) is 0 Å². The molecule has 308 valence electrons. The Morgan fingerprint density at radius 2 is 1.02 bits per heavy atom. The Bertz CT molecular complexity index is 952. The minimum Gasteiger partial charge on any atom is -0.480 e. The van der Waals surface area contributed by atoms with E-state index in [-0.39, 0.29) is 30.9 Å². The van der Waals surface area contributed by atoms with Gasteiger partial charge in [-0.1, -0.05) is 147 Å². The van der Waals surface area contributed by atoms with Gasteiger partial charge in [0.1, 0.15) is 12.1 Å². The number of allylic oxidation sites excluding steroid dienone is 4. The Balaban J connectivity index is 3.99.